The average Bonchev–Trinajstić information content (AvgIpc) is 3.04. The van der Waals surface area contributed by atoms with E-state index in [1.807, 2.05) is 23.1 Å². The number of piperidine rings is 1. The summed E-state index contributed by atoms with van der Waals surface area (Å²) in [6.45, 7) is 5.33. The second kappa shape index (κ2) is 6.60. The molecule has 8 heteroatoms. The molecule has 24 heavy (non-hydrogen) atoms. The maximum atomic E-state index is 11.6. The number of sulfonamides is 1. The zero-order chi connectivity index (χ0) is 17.3. The lowest BCUT2D eigenvalue weighted by molar-refractivity contribution is 0.259. The summed E-state index contributed by atoms with van der Waals surface area (Å²) in [6.07, 6.45) is 6.53. The van der Waals surface area contributed by atoms with Gasteiger partial charge in [-0.05, 0) is 30.4 Å². The third-order valence-corrected chi connectivity index (χ3v) is 5.80. The van der Waals surface area contributed by atoms with E-state index in [0.29, 0.717) is 19.0 Å². The third kappa shape index (κ3) is 3.64. The van der Waals surface area contributed by atoms with Crippen LogP contribution in [0.1, 0.15) is 44.2 Å². The standard InChI is InChI=1S/C16H23N5O2S/c1-12(2)13-4-5-15(17-10-13)16-11-21(19-18-16)14-6-8-20(9-7-14)24(3,22)23/h4-5,10-12,14H,6-9H2,1-3H3. The first-order chi connectivity index (χ1) is 11.3. The largest absolute Gasteiger partial charge is 0.254 e. The van der Waals surface area contributed by atoms with Crippen molar-refractivity contribution in [3.8, 4) is 11.4 Å². The highest BCUT2D eigenvalue weighted by atomic mass is 32.2. The van der Waals surface area contributed by atoms with Crippen molar-refractivity contribution in [3.05, 3.63) is 30.1 Å². The van der Waals surface area contributed by atoms with Gasteiger partial charge in [0.1, 0.15) is 5.69 Å². The molecule has 0 N–H and O–H groups in total. The molecular weight excluding hydrogens is 326 g/mol. The normalized spacial score (nSPS) is 17.5. The Balaban J connectivity index is 1.70. The molecule has 2 aromatic heterocycles. The molecule has 0 radical (unpaired) electrons. The molecule has 0 aliphatic carbocycles. The summed E-state index contributed by atoms with van der Waals surface area (Å²) in [7, 11) is -3.10. The van der Waals surface area contributed by atoms with E-state index in [-0.39, 0.29) is 6.04 Å². The van der Waals surface area contributed by atoms with E-state index in [0.717, 1.165) is 24.2 Å². The molecule has 1 aliphatic heterocycles. The van der Waals surface area contributed by atoms with E-state index >= 15 is 0 Å². The number of nitrogens with zero attached hydrogens (tertiary/aromatic N) is 5. The van der Waals surface area contributed by atoms with Gasteiger partial charge in [-0.2, -0.15) is 0 Å². The summed E-state index contributed by atoms with van der Waals surface area (Å²) in [6, 6.07) is 4.21. The smallest absolute Gasteiger partial charge is 0.211 e. The first kappa shape index (κ1) is 17.0. The number of hydrogen-bond donors (Lipinski definition) is 0. The molecule has 0 aromatic carbocycles. The molecule has 3 heterocycles. The Morgan fingerprint density at radius 3 is 2.42 bits per heavy atom. The van der Waals surface area contributed by atoms with E-state index in [4.69, 9.17) is 0 Å². The maximum absolute atomic E-state index is 11.6. The SMILES string of the molecule is CC(C)c1ccc(-c2cn(C3CCN(S(C)(=O)=O)CC3)nn2)nc1. The minimum Gasteiger partial charge on any atom is -0.254 e. The highest BCUT2D eigenvalue weighted by Crippen LogP contribution is 2.25. The number of pyridine rings is 1. The van der Waals surface area contributed by atoms with Crippen molar-refractivity contribution < 1.29 is 8.42 Å². The minimum absolute atomic E-state index is 0.180. The Morgan fingerprint density at radius 2 is 1.88 bits per heavy atom. The Kier molecular flexibility index (Phi) is 4.69. The first-order valence-electron chi connectivity index (χ1n) is 8.18. The molecular formula is C16H23N5O2S. The van der Waals surface area contributed by atoms with E-state index in [9.17, 15) is 8.42 Å². The van der Waals surface area contributed by atoms with Gasteiger partial charge >= 0.3 is 0 Å². The second-order valence-electron chi connectivity index (χ2n) is 6.61. The Morgan fingerprint density at radius 1 is 1.17 bits per heavy atom. The summed E-state index contributed by atoms with van der Waals surface area (Å²) in [5.74, 6) is 0.447. The van der Waals surface area contributed by atoms with Crippen molar-refractivity contribution in [2.24, 2.45) is 0 Å². The quantitative estimate of drug-likeness (QED) is 0.844. The van der Waals surface area contributed by atoms with Crippen molar-refractivity contribution in [1.29, 1.82) is 0 Å². The number of hydrogen-bond acceptors (Lipinski definition) is 5. The van der Waals surface area contributed by atoms with Crippen LogP contribution in [0.25, 0.3) is 11.4 Å². The Labute approximate surface area is 142 Å². The highest BCUT2D eigenvalue weighted by molar-refractivity contribution is 7.88. The molecule has 0 spiro atoms. The summed E-state index contributed by atoms with van der Waals surface area (Å²) < 4.78 is 26.5. The molecule has 2 aromatic rings. The van der Waals surface area contributed by atoms with Crippen LogP contribution in [0.5, 0.6) is 0 Å². The second-order valence-corrected chi connectivity index (χ2v) is 8.59. The van der Waals surface area contributed by atoms with Crippen molar-refractivity contribution in [1.82, 2.24) is 24.3 Å². The third-order valence-electron chi connectivity index (χ3n) is 4.49. The topological polar surface area (TPSA) is 81.0 Å². The van der Waals surface area contributed by atoms with Gasteiger partial charge in [0.25, 0.3) is 0 Å². The summed E-state index contributed by atoms with van der Waals surface area (Å²) in [5, 5.41) is 8.44. The fourth-order valence-electron chi connectivity index (χ4n) is 2.91. The van der Waals surface area contributed by atoms with Crippen LogP contribution in [0.4, 0.5) is 0 Å². The van der Waals surface area contributed by atoms with Gasteiger partial charge in [-0.15, -0.1) is 5.10 Å². The van der Waals surface area contributed by atoms with Crippen LogP contribution >= 0.6 is 0 Å². The molecule has 7 nitrogen and oxygen atoms in total. The Bertz CT molecular complexity index is 790. The maximum Gasteiger partial charge on any atom is 0.211 e. The van der Waals surface area contributed by atoms with Crippen molar-refractivity contribution in [3.63, 3.8) is 0 Å². The van der Waals surface area contributed by atoms with Gasteiger partial charge in [-0.1, -0.05) is 25.1 Å². The molecule has 3 rings (SSSR count). The lowest BCUT2D eigenvalue weighted by Crippen LogP contribution is -2.38. The van der Waals surface area contributed by atoms with Crippen LogP contribution in [0.2, 0.25) is 0 Å². The van der Waals surface area contributed by atoms with Gasteiger partial charge in [-0.3, -0.25) is 4.98 Å². The van der Waals surface area contributed by atoms with Gasteiger partial charge < -0.3 is 0 Å². The van der Waals surface area contributed by atoms with Gasteiger partial charge in [0, 0.05) is 19.3 Å². The highest BCUT2D eigenvalue weighted by Gasteiger charge is 2.26. The number of aromatic nitrogens is 4. The van der Waals surface area contributed by atoms with Gasteiger partial charge in [0.05, 0.1) is 24.2 Å². The van der Waals surface area contributed by atoms with Crippen molar-refractivity contribution >= 4 is 10.0 Å². The molecule has 1 aliphatic rings. The molecule has 0 unspecified atom stereocenters. The van der Waals surface area contributed by atoms with Crippen LogP contribution in [-0.4, -0.2) is 52.0 Å². The molecule has 1 saturated heterocycles. The lowest BCUT2D eigenvalue weighted by Gasteiger charge is -2.29. The predicted molar refractivity (Wildman–Crippen MR) is 92.0 cm³/mol. The van der Waals surface area contributed by atoms with Crippen LogP contribution in [0.3, 0.4) is 0 Å². The fourth-order valence-corrected chi connectivity index (χ4v) is 3.78. The lowest BCUT2D eigenvalue weighted by atomic mass is 10.1. The van der Waals surface area contributed by atoms with Crippen LogP contribution in [0, 0.1) is 0 Å². The monoisotopic (exact) mass is 349 g/mol. The summed E-state index contributed by atoms with van der Waals surface area (Å²) in [5.41, 5.74) is 2.74. The van der Waals surface area contributed by atoms with Gasteiger partial charge in [0.2, 0.25) is 10.0 Å². The van der Waals surface area contributed by atoms with Gasteiger partial charge in [-0.25, -0.2) is 17.4 Å². The molecule has 0 atom stereocenters. The van der Waals surface area contributed by atoms with Crippen molar-refractivity contribution in [2.45, 2.75) is 38.6 Å². The van der Waals surface area contributed by atoms with E-state index in [1.165, 1.54) is 16.1 Å². The van der Waals surface area contributed by atoms with Gasteiger partial charge in [0.15, 0.2) is 0 Å². The van der Waals surface area contributed by atoms with Crippen molar-refractivity contribution in [2.75, 3.05) is 19.3 Å². The molecule has 1 fully saturated rings. The number of rotatable bonds is 4. The minimum atomic E-state index is -3.10. The van der Waals surface area contributed by atoms with E-state index in [1.54, 1.807) is 0 Å². The molecule has 130 valence electrons. The summed E-state index contributed by atoms with van der Waals surface area (Å²) in [4.78, 5) is 4.47. The Hall–Kier alpha value is -1.80. The van der Waals surface area contributed by atoms with Crippen LogP contribution in [0.15, 0.2) is 24.5 Å². The molecule has 0 bridgehead atoms. The van der Waals surface area contributed by atoms with Crippen LogP contribution < -0.4 is 0 Å². The van der Waals surface area contributed by atoms with E-state index in [2.05, 4.69) is 35.2 Å². The fraction of sp³-hybridized carbons (Fsp3) is 0.562. The molecule has 0 amide bonds. The predicted octanol–water partition coefficient (Wildman–Crippen LogP) is 2.06. The zero-order valence-electron chi connectivity index (χ0n) is 14.3. The van der Waals surface area contributed by atoms with Crippen LogP contribution in [-0.2, 0) is 10.0 Å². The average molecular weight is 349 g/mol. The molecule has 0 saturated carbocycles. The first-order valence-corrected chi connectivity index (χ1v) is 10.0. The zero-order valence-corrected chi connectivity index (χ0v) is 15.1. The summed E-state index contributed by atoms with van der Waals surface area (Å²) >= 11 is 0. The van der Waals surface area contributed by atoms with E-state index < -0.39 is 10.0 Å².